The third-order valence-electron chi connectivity index (χ3n) is 3.70. The average molecular weight is 182 g/mol. The van der Waals surface area contributed by atoms with Crippen molar-refractivity contribution >= 4 is 5.97 Å². The highest BCUT2D eigenvalue weighted by molar-refractivity contribution is 5.76. The molecule has 5 unspecified atom stereocenters. The van der Waals surface area contributed by atoms with Gasteiger partial charge < -0.3 is 9.47 Å². The maximum Gasteiger partial charge on any atom is 0.312 e. The molecule has 0 aliphatic carbocycles. The SMILES string of the molecule is CCC1OC(=O)C2C3CCC(O3)C12. The van der Waals surface area contributed by atoms with Crippen LogP contribution in [0.15, 0.2) is 0 Å². The standard InChI is InChI=1S/C10H14O3/c1-2-5-8-6-3-4-7(12-6)9(8)10(11)13-5/h5-9H,2-4H2,1H3. The molecule has 3 rings (SSSR count). The lowest BCUT2D eigenvalue weighted by molar-refractivity contribution is -0.147. The first-order valence-corrected chi connectivity index (χ1v) is 5.17. The third kappa shape index (κ3) is 0.857. The van der Waals surface area contributed by atoms with E-state index in [-0.39, 0.29) is 24.1 Å². The van der Waals surface area contributed by atoms with Crippen LogP contribution in [0.4, 0.5) is 0 Å². The van der Waals surface area contributed by atoms with Crippen molar-refractivity contribution in [1.82, 2.24) is 0 Å². The molecule has 0 radical (unpaired) electrons. The Bertz CT molecular complexity index is 251. The number of hydrogen-bond acceptors (Lipinski definition) is 3. The van der Waals surface area contributed by atoms with E-state index in [1.165, 1.54) is 0 Å². The lowest BCUT2D eigenvalue weighted by Gasteiger charge is -2.20. The zero-order valence-electron chi connectivity index (χ0n) is 7.73. The first-order chi connectivity index (χ1) is 6.31. The van der Waals surface area contributed by atoms with Gasteiger partial charge in [0.15, 0.2) is 0 Å². The summed E-state index contributed by atoms with van der Waals surface area (Å²) in [6.07, 6.45) is 3.73. The number of ether oxygens (including phenoxy) is 2. The van der Waals surface area contributed by atoms with E-state index in [1.54, 1.807) is 0 Å². The molecule has 0 N–H and O–H groups in total. The Kier molecular flexibility index (Phi) is 1.48. The minimum absolute atomic E-state index is 0.0101. The molecular weight excluding hydrogens is 168 g/mol. The average Bonchev–Trinajstić information content (AvgIpc) is 2.76. The Balaban J connectivity index is 1.92. The second-order valence-corrected chi connectivity index (χ2v) is 4.28. The Morgan fingerprint density at radius 2 is 2.15 bits per heavy atom. The summed E-state index contributed by atoms with van der Waals surface area (Å²) >= 11 is 0. The molecule has 3 heteroatoms. The molecule has 5 atom stereocenters. The molecule has 3 heterocycles. The zero-order chi connectivity index (χ0) is 9.00. The van der Waals surface area contributed by atoms with Gasteiger partial charge in [-0.3, -0.25) is 4.79 Å². The molecule has 72 valence electrons. The number of fused-ring (bicyclic) bond motifs is 5. The van der Waals surface area contributed by atoms with Gasteiger partial charge in [-0.15, -0.1) is 0 Å². The van der Waals surface area contributed by atoms with E-state index < -0.39 is 0 Å². The molecule has 0 aromatic carbocycles. The van der Waals surface area contributed by atoms with Crippen molar-refractivity contribution in [2.45, 2.75) is 44.5 Å². The van der Waals surface area contributed by atoms with Crippen molar-refractivity contribution in [2.75, 3.05) is 0 Å². The molecule has 3 aliphatic heterocycles. The fraction of sp³-hybridized carbons (Fsp3) is 0.900. The number of carbonyl (C=O) groups excluding carboxylic acids is 1. The maximum atomic E-state index is 11.5. The van der Waals surface area contributed by atoms with Gasteiger partial charge in [0.2, 0.25) is 0 Å². The lowest BCUT2D eigenvalue weighted by atomic mass is 9.78. The molecule has 0 aromatic heterocycles. The van der Waals surface area contributed by atoms with Crippen molar-refractivity contribution in [1.29, 1.82) is 0 Å². The van der Waals surface area contributed by atoms with E-state index in [0.717, 1.165) is 19.3 Å². The van der Waals surface area contributed by atoms with Crippen molar-refractivity contribution in [3.8, 4) is 0 Å². The largest absolute Gasteiger partial charge is 0.462 e. The second kappa shape index (κ2) is 2.47. The summed E-state index contributed by atoms with van der Waals surface area (Å²) in [7, 11) is 0. The Labute approximate surface area is 77.4 Å². The van der Waals surface area contributed by atoms with Crippen LogP contribution in [-0.4, -0.2) is 24.3 Å². The lowest BCUT2D eigenvalue weighted by Crippen LogP contribution is -2.30. The maximum absolute atomic E-state index is 11.5. The van der Waals surface area contributed by atoms with Crippen LogP contribution in [0.25, 0.3) is 0 Å². The van der Waals surface area contributed by atoms with E-state index in [0.29, 0.717) is 12.0 Å². The van der Waals surface area contributed by atoms with Gasteiger partial charge in [-0.2, -0.15) is 0 Å². The number of carbonyl (C=O) groups is 1. The van der Waals surface area contributed by atoms with E-state index >= 15 is 0 Å². The van der Waals surface area contributed by atoms with E-state index in [2.05, 4.69) is 6.92 Å². The molecular formula is C10H14O3. The van der Waals surface area contributed by atoms with E-state index in [4.69, 9.17) is 9.47 Å². The fourth-order valence-electron chi connectivity index (χ4n) is 3.16. The molecule has 2 bridgehead atoms. The Hall–Kier alpha value is -0.570. The quantitative estimate of drug-likeness (QED) is 0.570. The van der Waals surface area contributed by atoms with Crippen LogP contribution >= 0.6 is 0 Å². The van der Waals surface area contributed by atoms with Crippen LogP contribution in [0, 0.1) is 11.8 Å². The summed E-state index contributed by atoms with van der Waals surface area (Å²) in [5.74, 6) is 0.434. The van der Waals surface area contributed by atoms with Crippen LogP contribution < -0.4 is 0 Å². The number of hydrogen-bond donors (Lipinski definition) is 0. The first-order valence-electron chi connectivity index (χ1n) is 5.17. The van der Waals surface area contributed by atoms with Crippen molar-refractivity contribution in [3.63, 3.8) is 0 Å². The molecule has 3 fully saturated rings. The van der Waals surface area contributed by atoms with Crippen LogP contribution in [0.1, 0.15) is 26.2 Å². The second-order valence-electron chi connectivity index (χ2n) is 4.28. The molecule has 0 aromatic rings. The molecule has 0 amide bonds. The molecule has 0 spiro atoms. The first kappa shape index (κ1) is 7.80. The zero-order valence-corrected chi connectivity index (χ0v) is 7.73. The number of cyclic esters (lactones) is 1. The summed E-state index contributed by atoms with van der Waals surface area (Å²) in [6, 6.07) is 0. The normalized spacial score (nSPS) is 52.4. The van der Waals surface area contributed by atoms with Gasteiger partial charge >= 0.3 is 5.97 Å². The van der Waals surface area contributed by atoms with Gasteiger partial charge in [0.05, 0.1) is 18.1 Å². The Morgan fingerprint density at radius 1 is 1.38 bits per heavy atom. The predicted octanol–water partition coefficient (Wildman–Crippen LogP) is 1.12. The van der Waals surface area contributed by atoms with Crippen LogP contribution in [-0.2, 0) is 14.3 Å². The Morgan fingerprint density at radius 3 is 2.92 bits per heavy atom. The smallest absolute Gasteiger partial charge is 0.312 e. The molecule has 3 nitrogen and oxygen atoms in total. The molecule has 3 saturated heterocycles. The number of rotatable bonds is 1. The summed E-state index contributed by atoms with van der Waals surface area (Å²) in [5.41, 5.74) is 0. The van der Waals surface area contributed by atoms with Crippen LogP contribution in [0.2, 0.25) is 0 Å². The van der Waals surface area contributed by atoms with E-state index in [1.807, 2.05) is 0 Å². The highest BCUT2D eigenvalue weighted by Gasteiger charge is 2.60. The summed E-state index contributed by atoms with van der Waals surface area (Å²) < 4.78 is 11.1. The van der Waals surface area contributed by atoms with Gasteiger partial charge in [0.25, 0.3) is 0 Å². The van der Waals surface area contributed by atoms with E-state index in [9.17, 15) is 4.79 Å². The van der Waals surface area contributed by atoms with Crippen LogP contribution in [0.3, 0.4) is 0 Å². The topological polar surface area (TPSA) is 35.5 Å². The molecule has 0 saturated carbocycles. The van der Waals surface area contributed by atoms with Crippen molar-refractivity contribution in [3.05, 3.63) is 0 Å². The highest BCUT2D eigenvalue weighted by Crippen LogP contribution is 2.50. The minimum atomic E-state index is -0.0101. The summed E-state index contributed by atoms with van der Waals surface area (Å²) in [6.45, 7) is 2.08. The minimum Gasteiger partial charge on any atom is -0.462 e. The monoisotopic (exact) mass is 182 g/mol. The summed E-state index contributed by atoms with van der Waals surface area (Å²) in [4.78, 5) is 11.5. The van der Waals surface area contributed by atoms with Gasteiger partial charge in [-0.05, 0) is 19.3 Å². The van der Waals surface area contributed by atoms with Crippen molar-refractivity contribution in [2.24, 2.45) is 11.8 Å². The molecule has 3 aliphatic rings. The fourth-order valence-corrected chi connectivity index (χ4v) is 3.16. The van der Waals surface area contributed by atoms with Crippen LogP contribution in [0.5, 0.6) is 0 Å². The van der Waals surface area contributed by atoms with Crippen molar-refractivity contribution < 1.29 is 14.3 Å². The molecule has 13 heavy (non-hydrogen) atoms. The van der Waals surface area contributed by atoms with Gasteiger partial charge in [-0.1, -0.05) is 6.92 Å². The highest BCUT2D eigenvalue weighted by atomic mass is 16.6. The predicted molar refractivity (Wildman–Crippen MR) is 45.0 cm³/mol. The van der Waals surface area contributed by atoms with Gasteiger partial charge in [-0.25, -0.2) is 0 Å². The van der Waals surface area contributed by atoms with Gasteiger partial charge in [0.1, 0.15) is 6.10 Å². The summed E-state index contributed by atoms with van der Waals surface area (Å²) in [5, 5.41) is 0. The number of esters is 1. The third-order valence-corrected chi connectivity index (χ3v) is 3.70. The van der Waals surface area contributed by atoms with Gasteiger partial charge in [0, 0.05) is 5.92 Å².